The molecule has 0 N–H and O–H groups in total. The number of hydrogen-bond acceptors (Lipinski definition) is 4. The van der Waals surface area contributed by atoms with E-state index in [1.807, 2.05) is 18.9 Å². The van der Waals surface area contributed by atoms with Gasteiger partial charge in [-0.2, -0.15) is 5.10 Å². The molecule has 0 aromatic carbocycles. The summed E-state index contributed by atoms with van der Waals surface area (Å²) in [7, 11) is 1.82. The number of halogens is 1. The number of fused-ring (bicyclic) bond motifs is 1. The van der Waals surface area contributed by atoms with Crippen LogP contribution in [-0.2, 0) is 7.05 Å². The number of aromatic nitrogens is 5. The molecule has 3 aromatic rings. The molecule has 1 atom stereocenters. The largest absolute Gasteiger partial charge is 0.331 e. The molecule has 1 saturated heterocycles. The van der Waals surface area contributed by atoms with Crippen LogP contribution >= 0.6 is 11.6 Å². The third kappa shape index (κ3) is 2.27. The fourth-order valence-electron chi connectivity index (χ4n) is 3.45. The molecule has 0 radical (unpaired) electrons. The van der Waals surface area contributed by atoms with Crippen molar-refractivity contribution in [2.45, 2.75) is 25.8 Å². The molecule has 1 aliphatic heterocycles. The van der Waals surface area contributed by atoms with Crippen molar-refractivity contribution in [3.63, 3.8) is 0 Å². The van der Waals surface area contributed by atoms with Crippen LogP contribution in [0.1, 0.15) is 40.5 Å². The zero-order valence-electron chi connectivity index (χ0n) is 13.5. The van der Waals surface area contributed by atoms with Gasteiger partial charge in [-0.05, 0) is 31.9 Å². The predicted molar refractivity (Wildman–Crippen MR) is 89.0 cm³/mol. The number of hydrogen-bond donors (Lipinski definition) is 0. The molecule has 0 aliphatic carbocycles. The Morgan fingerprint density at radius 3 is 2.96 bits per heavy atom. The van der Waals surface area contributed by atoms with Crippen molar-refractivity contribution in [2.24, 2.45) is 7.05 Å². The number of pyridine rings is 1. The van der Waals surface area contributed by atoms with E-state index >= 15 is 0 Å². The highest BCUT2D eigenvalue weighted by Gasteiger charge is 2.34. The van der Waals surface area contributed by atoms with E-state index in [0.29, 0.717) is 17.3 Å². The zero-order chi connectivity index (χ0) is 16.8. The highest BCUT2D eigenvalue weighted by molar-refractivity contribution is 6.30. The van der Waals surface area contributed by atoms with Crippen molar-refractivity contribution in [1.29, 1.82) is 0 Å². The summed E-state index contributed by atoms with van der Waals surface area (Å²) in [5.41, 5.74) is 3.17. The van der Waals surface area contributed by atoms with E-state index in [2.05, 4.69) is 15.3 Å². The Hall–Kier alpha value is -2.41. The monoisotopic (exact) mass is 344 g/mol. The maximum Gasteiger partial charge on any atom is 0.255 e. The topological polar surface area (TPSA) is 68.3 Å². The average Bonchev–Trinajstić information content (AvgIpc) is 3.26. The first kappa shape index (κ1) is 15.1. The van der Waals surface area contributed by atoms with E-state index < -0.39 is 0 Å². The highest BCUT2D eigenvalue weighted by atomic mass is 35.5. The summed E-state index contributed by atoms with van der Waals surface area (Å²) in [6.07, 6.45) is 5.21. The lowest BCUT2D eigenvalue weighted by atomic mass is 10.1. The molecule has 1 fully saturated rings. The summed E-state index contributed by atoms with van der Waals surface area (Å²) in [6.45, 7) is 2.65. The number of aryl methyl sites for hydroxylation is 2. The van der Waals surface area contributed by atoms with Gasteiger partial charge in [0.2, 0.25) is 0 Å². The average molecular weight is 345 g/mol. The molecule has 4 heterocycles. The van der Waals surface area contributed by atoms with Crippen LogP contribution in [-0.4, -0.2) is 41.7 Å². The Labute approximate surface area is 143 Å². The van der Waals surface area contributed by atoms with E-state index in [0.717, 1.165) is 29.7 Å². The summed E-state index contributed by atoms with van der Waals surface area (Å²) >= 11 is 6.42. The smallest absolute Gasteiger partial charge is 0.255 e. The normalized spacial score (nSPS) is 17.8. The lowest BCUT2D eigenvalue weighted by Gasteiger charge is -2.25. The van der Waals surface area contributed by atoms with Gasteiger partial charge < -0.3 is 4.90 Å². The van der Waals surface area contributed by atoms with E-state index in [9.17, 15) is 4.79 Å². The number of carbonyl (C=O) groups is 1. The molecule has 0 unspecified atom stereocenters. The first-order valence-corrected chi connectivity index (χ1v) is 8.23. The van der Waals surface area contributed by atoms with Crippen LogP contribution < -0.4 is 0 Å². The zero-order valence-corrected chi connectivity index (χ0v) is 14.2. The third-order valence-corrected chi connectivity index (χ3v) is 5.03. The van der Waals surface area contributed by atoms with Gasteiger partial charge in [0.1, 0.15) is 11.5 Å². The number of rotatable bonds is 2. The van der Waals surface area contributed by atoms with Gasteiger partial charge in [0.25, 0.3) is 5.91 Å². The molecule has 1 aliphatic rings. The highest BCUT2D eigenvalue weighted by Crippen LogP contribution is 2.38. The number of likely N-dealkylation sites (tertiary alicyclic amines) is 1. The van der Waals surface area contributed by atoms with Crippen molar-refractivity contribution in [1.82, 2.24) is 29.3 Å². The molecule has 7 nitrogen and oxygen atoms in total. The Morgan fingerprint density at radius 2 is 2.21 bits per heavy atom. The minimum atomic E-state index is -0.0321. The van der Waals surface area contributed by atoms with E-state index in [1.165, 1.54) is 0 Å². The Morgan fingerprint density at radius 1 is 1.38 bits per heavy atom. The van der Waals surface area contributed by atoms with Crippen molar-refractivity contribution in [3.8, 4) is 0 Å². The fraction of sp³-hybridized carbons (Fsp3) is 0.375. The number of carbonyl (C=O) groups excluding carboxylic acids is 1. The molecule has 8 heteroatoms. The van der Waals surface area contributed by atoms with Gasteiger partial charge in [-0.15, -0.1) is 10.2 Å². The summed E-state index contributed by atoms with van der Waals surface area (Å²) in [4.78, 5) is 14.9. The second kappa shape index (κ2) is 5.59. The maximum atomic E-state index is 13.0. The first-order chi connectivity index (χ1) is 11.6. The Bertz CT molecular complexity index is 930. The summed E-state index contributed by atoms with van der Waals surface area (Å²) in [6, 6.07) is 3.56. The predicted octanol–water partition coefficient (Wildman–Crippen LogP) is 2.40. The molecule has 24 heavy (non-hydrogen) atoms. The molecule has 1 amide bonds. The molecule has 0 spiro atoms. The van der Waals surface area contributed by atoms with Crippen LogP contribution in [0.4, 0.5) is 0 Å². The van der Waals surface area contributed by atoms with Gasteiger partial charge in [0, 0.05) is 25.4 Å². The quantitative estimate of drug-likeness (QED) is 0.716. The third-order valence-electron chi connectivity index (χ3n) is 4.58. The van der Waals surface area contributed by atoms with E-state index in [-0.39, 0.29) is 11.9 Å². The SMILES string of the molecule is Cc1nn(C)c(Cl)c1[C@@H]1CCCN1C(=O)c1ccc2nncn2c1. The van der Waals surface area contributed by atoms with Crippen molar-refractivity contribution >= 4 is 23.2 Å². The molecular weight excluding hydrogens is 328 g/mol. The van der Waals surface area contributed by atoms with Gasteiger partial charge in [-0.1, -0.05) is 11.6 Å². The van der Waals surface area contributed by atoms with Crippen molar-refractivity contribution in [3.05, 3.63) is 46.6 Å². The van der Waals surface area contributed by atoms with Crippen LogP contribution in [0.25, 0.3) is 5.65 Å². The fourth-order valence-corrected chi connectivity index (χ4v) is 3.76. The van der Waals surface area contributed by atoms with Crippen LogP contribution in [0.15, 0.2) is 24.7 Å². The second-order valence-electron chi connectivity index (χ2n) is 6.08. The number of amides is 1. The van der Waals surface area contributed by atoms with Gasteiger partial charge in [0.05, 0.1) is 17.3 Å². The van der Waals surface area contributed by atoms with E-state index in [4.69, 9.17) is 11.6 Å². The minimum absolute atomic E-state index is 0.00702. The van der Waals surface area contributed by atoms with Crippen molar-refractivity contribution < 1.29 is 4.79 Å². The lowest BCUT2D eigenvalue weighted by molar-refractivity contribution is 0.0735. The molecule has 0 saturated carbocycles. The van der Waals surface area contributed by atoms with Crippen LogP contribution in [0, 0.1) is 6.92 Å². The molecule has 3 aromatic heterocycles. The maximum absolute atomic E-state index is 13.0. The molecule has 0 bridgehead atoms. The first-order valence-electron chi connectivity index (χ1n) is 7.85. The van der Waals surface area contributed by atoms with Gasteiger partial charge in [-0.25, -0.2) is 0 Å². The molecule has 4 rings (SSSR count). The van der Waals surface area contributed by atoms with Crippen molar-refractivity contribution in [2.75, 3.05) is 6.54 Å². The summed E-state index contributed by atoms with van der Waals surface area (Å²) < 4.78 is 3.41. The second-order valence-corrected chi connectivity index (χ2v) is 6.44. The van der Waals surface area contributed by atoms with Gasteiger partial charge in [0.15, 0.2) is 5.65 Å². The Balaban J connectivity index is 1.70. The molecule has 124 valence electrons. The molecular formula is C16H17ClN6O. The van der Waals surface area contributed by atoms with Gasteiger partial charge >= 0.3 is 0 Å². The van der Waals surface area contributed by atoms with Crippen LogP contribution in [0.5, 0.6) is 0 Å². The number of nitrogens with zero attached hydrogens (tertiary/aromatic N) is 6. The van der Waals surface area contributed by atoms with Crippen LogP contribution in [0.3, 0.4) is 0 Å². The van der Waals surface area contributed by atoms with E-state index in [1.54, 1.807) is 33.7 Å². The summed E-state index contributed by atoms with van der Waals surface area (Å²) in [5, 5.41) is 12.8. The van der Waals surface area contributed by atoms with Crippen LogP contribution in [0.2, 0.25) is 5.15 Å². The Kier molecular flexibility index (Phi) is 3.53. The minimum Gasteiger partial charge on any atom is -0.331 e. The summed E-state index contributed by atoms with van der Waals surface area (Å²) in [5.74, 6) is -0.00702. The standard InChI is InChI=1S/C16H17ClN6O/c1-10-14(15(17)21(2)20-10)12-4-3-7-23(12)16(24)11-5-6-13-19-18-9-22(13)8-11/h5-6,8-9,12H,3-4,7H2,1-2H3/t12-/m0/s1. The van der Waals surface area contributed by atoms with Gasteiger partial charge in [-0.3, -0.25) is 13.9 Å². The lowest BCUT2D eigenvalue weighted by Crippen LogP contribution is -2.31.